The van der Waals surface area contributed by atoms with E-state index in [2.05, 4.69) is 40.9 Å². The zero-order chi connectivity index (χ0) is 15.1. The van der Waals surface area contributed by atoms with Gasteiger partial charge in [-0.1, -0.05) is 6.92 Å². The molecule has 0 radical (unpaired) electrons. The van der Waals surface area contributed by atoms with Crippen molar-refractivity contribution in [2.24, 2.45) is 10.9 Å². The molecule has 2 aliphatic rings. The van der Waals surface area contributed by atoms with Crippen LogP contribution >= 0.6 is 24.0 Å². The summed E-state index contributed by atoms with van der Waals surface area (Å²) in [5.74, 6) is 1.75. The molecule has 2 heterocycles. The molecule has 0 amide bonds. The molecule has 5 nitrogen and oxygen atoms in total. The van der Waals surface area contributed by atoms with Gasteiger partial charge in [-0.25, -0.2) is 0 Å². The van der Waals surface area contributed by atoms with Crippen molar-refractivity contribution in [3.05, 3.63) is 0 Å². The average molecular weight is 423 g/mol. The Labute approximate surface area is 153 Å². The maximum Gasteiger partial charge on any atom is 0.193 e. The van der Waals surface area contributed by atoms with Crippen molar-refractivity contribution in [2.45, 2.75) is 26.7 Å². The first-order valence-electron chi connectivity index (χ1n) is 8.63. The number of hydrogen-bond acceptors (Lipinski definition) is 3. The highest BCUT2D eigenvalue weighted by Crippen LogP contribution is 2.09. The minimum absolute atomic E-state index is 0. The molecule has 0 aromatic carbocycles. The van der Waals surface area contributed by atoms with E-state index in [0.717, 1.165) is 19.0 Å². The minimum atomic E-state index is 0. The zero-order valence-electron chi connectivity index (χ0n) is 14.6. The Morgan fingerprint density at radius 3 is 2.32 bits per heavy atom. The van der Waals surface area contributed by atoms with Crippen LogP contribution in [0.4, 0.5) is 0 Å². The normalized spacial score (nSPS) is 22.5. The first-order chi connectivity index (χ1) is 10.2. The molecular weight excluding hydrogens is 389 g/mol. The van der Waals surface area contributed by atoms with E-state index < -0.39 is 0 Å². The summed E-state index contributed by atoms with van der Waals surface area (Å²) in [5, 5.41) is 3.44. The monoisotopic (exact) mass is 423 g/mol. The van der Waals surface area contributed by atoms with Crippen LogP contribution in [-0.2, 0) is 0 Å². The van der Waals surface area contributed by atoms with Gasteiger partial charge in [-0.15, -0.1) is 24.0 Å². The third-order valence-electron chi connectivity index (χ3n) is 4.46. The number of likely N-dealkylation sites (tertiary alicyclic amines) is 1. The molecule has 130 valence electrons. The van der Waals surface area contributed by atoms with Gasteiger partial charge in [0.1, 0.15) is 0 Å². The highest BCUT2D eigenvalue weighted by molar-refractivity contribution is 14.0. The molecule has 0 aromatic rings. The summed E-state index contributed by atoms with van der Waals surface area (Å²) in [6.45, 7) is 14.7. The van der Waals surface area contributed by atoms with Gasteiger partial charge in [-0.2, -0.15) is 0 Å². The van der Waals surface area contributed by atoms with Crippen LogP contribution in [-0.4, -0.2) is 86.6 Å². The van der Waals surface area contributed by atoms with E-state index in [1.54, 1.807) is 0 Å². The number of halogens is 1. The van der Waals surface area contributed by atoms with Gasteiger partial charge >= 0.3 is 0 Å². The quantitative estimate of drug-likeness (QED) is 0.414. The van der Waals surface area contributed by atoms with E-state index in [0.29, 0.717) is 5.92 Å². The fraction of sp³-hybridized carbons (Fsp3) is 0.938. The minimum Gasteiger partial charge on any atom is -0.357 e. The van der Waals surface area contributed by atoms with Gasteiger partial charge in [0.25, 0.3) is 0 Å². The third-order valence-corrected chi connectivity index (χ3v) is 4.46. The fourth-order valence-electron chi connectivity index (χ4n) is 3.13. The number of nitrogens with zero attached hydrogens (tertiary/aromatic N) is 4. The van der Waals surface area contributed by atoms with E-state index >= 15 is 0 Å². The lowest BCUT2D eigenvalue weighted by atomic mass is 10.1. The summed E-state index contributed by atoms with van der Waals surface area (Å²) in [5.41, 5.74) is 0. The molecule has 6 heteroatoms. The topological polar surface area (TPSA) is 34.1 Å². The van der Waals surface area contributed by atoms with Gasteiger partial charge in [0, 0.05) is 58.9 Å². The standard InChI is InChI=1S/C16H33N5.HI/c1-4-17-16(21-7-5-6-8-21)18-13-15(2)14-20-11-9-19(3)10-12-20;/h15H,4-14H2,1-3H3,(H,17,18);1H. The Bertz CT molecular complexity index is 322. The summed E-state index contributed by atoms with van der Waals surface area (Å²) >= 11 is 0. The Hall–Kier alpha value is -0.0800. The van der Waals surface area contributed by atoms with Gasteiger partial charge in [0.15, 0.2) is 5.96 Å². The van der Waals surface area contributed by atoms with Crippen molar-refractivity contribution in [1.82, 2.24) is 20.0 Å². The van der Waals surface area contributed by atoms with Crippen LogP contribution in [0.2, 0.25) is 0 Å². The third kappa shape index (κ3) is 6.58. The Kier molecular flexibility index (Phi) is 9.66. The first-order valence-corrected chi connectivity index (χ1v) is 8.63. The highest BCUT2D eigenvalue weighted by Gasteiger charge is 2.18. The van der Waals surface area contributed by atoms with Crippen molar-refractivity contribution in [3.8, 4) is 0 Å². The van der Waals surface area contributed by atoms with Gasteiger partial charge in [0.2, 0.25) is 0 Å². The molecule has 1 N–H and O–H groups in total. The molecule has 22 heavy (non-hydrogen) atoms. The molecule has 2 fully saturated rings. The fourth-order valence-corrected chi connectivity index (χ4v) is 3.13. The molecule has 2 aliphatic heterocycles. The summed E-state index contributed by atoms with van der Waals surface area (Å²) in [4.78, 5) is 12.3. The molecule has 0 aromatic heterocycles. The Morgan fingerprint density at radius 1 is 1.09 bits per heavy atom. The van der Waals surface area contributed by atoms with Crippen molar-refractivity contribution in [1.29, 1.82) is 0 Å². The Morgan fingerprint density at radius 2 is 1.73 bits per heavy atom. The molecule has 0 spiro atoms. The predicted molar refractivity (Wildman–Crippen MR) is 105 cm³/mol. The lowest BCUT2D eigenvalue weighted by molar-refractivity contribution is 0.140. The second-order valence-electron chi connectivity index (χ2n) is 6.60. The van der Waals surface area contributed by atoms with E-state index in [1.807, 2.05) is 0 Å². The molecule has 0 aliphatic carbocycles. The number of aliphatic imine (C=N–C) groups is 1. The van der Waals surface area contributed by atoms with Crippen LogP contribution in [0.5, 0.6) is 0 Å². The molecule has 2 saturated heterocycles. The number of likely N-dealkylation sites (N-methyl/N-ethyl adjacent to an activating group) is 1. The first kappa shape index (κ1) is 20.0. The zero-order valence-corrected chi connectivity index (χ0v) is 16.9. The Balaban J connectivity index is 0.00000242. The van der Waals surface area contributed by atoms with Crippen molar-refractivity contribution in [3.63, 3.8) is 0 Å². The second kappa shape index (κ2) is 10.6. The molecule has 2 rings (SSSR count). The van der Waals surface area contributed by atoms with E-state index in [-0.39, 0.29) is 24.0 Å². The second-order valence-corrected chi connectivity index (χ2v) is 6.60. The molecule has 0 bridgehead atoms. The van der Waals surface area contributed by atoms with Gasteiger partial charge in [-0.3, -0.25) is 4.99 Å². The lowest BCUT2D eigenvalue weighted by Gasteiger charge is -2.33. The largest absolute Gasteiger partial charge is 0.357 e. The van der Waals surface area contributed by atoms with Crippen LogP contribution in [0.15, 0.2) is 4.99 Å². The number of nitrogens with one attached hydrogen (secondary N) is 1. The van der Waals surface area contributed by atoms with Gasteiger partial charge in [0.05, 0.1) is 0 Å². The number of piperazine rings is 1. The van der Waals surface area contributed by atoms with Crippen molar-refractivity contribution < 1.29 is 0 Å². The lowest BCUT2D eigenvalue weighted by Crippen LogP contribution is -2.46. The van der Waals surface area contributed by atoms with Crippen LogP contribution in [0.25, 0.3) is 0 Å². The molecular formula is C16H34IN5. The van der Waals surface area contributed by atoms with Crippen molar-refractivity contribution >= 4 is 29.9 Å². The smallest absolute Gasteiger partial charge is 0.193 e. The predicted octanol–water partition coefficient (Wildman–Crippen LogP) is 1.55. The average Bonchev–Trinajstić information content (AvgIpc) is 3.00. The number of hydrogen-bond donors (Lipinski definition) is 1. The molecule has 1 atom stereocenters. The van der Waals surface area contributed by atoms with Crippen LogP contribution in [0.3, 0.4) is 0 Å². The molecule has 0 saturated carbocycles. The van der Waals surface area contributed by atoms with Gasteiger partial charge < -0.3 is 20.0 Å². The SMILES string of the molecule is CCNC(=NCC(C)CN1CCN(C)CC1)N1CCCC1.I. The summed E-state index contributed by atoms with van der Waals surface area (Å²) < 4.78 is 0. The van der Waals surface area contributed by atoms with E-state index in [9.17, 15) is 0 Å². The van der Waals surface area contributed by atoms with Crippen LogP contribution in [0.1, 0.15) is 26.7 Å². The highest BCUT2D eigenvalue weighted by atomic mass is 127. The summed E-state index contributed by atoms with van der Waals surface area (Å²) in [7, 11) is 2.21. The van der Waals surface area contributed by atoms with Crippen LogP contribution in [0, 0.1) is 5.92 Å². The molecule has 1 unspecified atom stereocenters. The van der Waals surface area contributed by atoms with Gasteiger partial charge in [-0.05, 0) is 32.7 Å². The van der Waals surface area contributed by atoms with E-state index in [4.69, 9.17) is 4.99 Å². The van der Waals surface area contributed by atoms with Crippen molar-refractivity contribution in [2.75, 3.05) is 66.0 Å². The number of rotatable bonds is 5. The number of guanidine groups is 1. The maximum atomic E-state index is 4.87. The van der Waals surface area contributed by atoms with Crippen LogP contribution < -0.4 is 5.32 Å². The summed E-state index contributed by atoms with van der Waals surface area (Å²) in [6, 6.07) is 0. The maximum absolute atomic E-state index is 4.87. The van der Waals surface area contributed by atoms with E-state index in [1.165, 1.54) is 58.7 Å². The summed E-state index contributed by atoms with van der Waals surface area (Å²) in [6.07, 6.45) is 2.61.